The zero-order valence-corrected chi connectivity index (χ0v) is 14.7. The Bertz CT molecular complexity index is 786. The second kappa shape index (κ2) is 8.28. The van der Waals surface area contributed by atoms with Crippen molar-refractivity contribution >= 4 is 23.4 Å². The van der Waals surface area contributed by atoms with Crippen molar-refractivity contribution in [3.8, 4) is 11.4 Å². The summed E-state index contributed by atoms with van der Waals surface area (Å²) in [5.41, 5.74) is 0.704. The molecule has 1 atom stereocenters. The predicted molar refractivity (Wildman–Crippen MR) is 91.4 cm³/mol. The average molecular weight is 377 g/mol. The molecule has 1 saturated heterocycles. The Morgan fingerprint density at radius 1 is 1.35 bits per heavy atom. The number of thioether (sulfide) groups is 1. The summed E-state index contributed by atoms with van der Waals surface area (Å²) in [6, 6.07) is 6.10. The average Bonchev–Trinajstić information content (AvgIpc) is 3.26. The minimum absolute atomic E-state index is 0.00231. The molecule has 3 rings (SSSR count). The molecule has 0 unspecified atom stereocenters. The molecular weight excluding hydrogens is 360 g/mol. The van der Waals surface area contributed by atoms with E-state index in [4.69, 9.17) is 4.74 Å². The summed E-state index contributed by atoms with van der Waals surface area (Å²) < 4.78 is 7.57. The molecule has 0 bridgehead atoms. The van der Waals surface area contributed by atoms with Gasteiger partial charge in [-0.3, -0.25) is 14.7 Å². The first-order valence-corrected chi connectivity index (χ1v) is 9.15. The van der Waals surface area contributed by atoms with E-state index in [2.05, 4.69) is 10.2 Å². The van der Waals surface area contributed by atoms with E-state index >= 15 is 0 Å². The maximum Gasteiger partial charge on any atom is 0.269 e. The zero-order valence-electron chi connectivity index (χ0n) is 13.9. The van der Waals surface area contributed by atoms with Crippen LogP contribution < -0.4 is 5.11 Å². The first-order valence-electron chi connectivity index (χ1n) is 8.17. The van der Waals surface area contributed by atoms with Gasteiger partial charge in [0.15, 0.2) is 11.0 Å². The van der Waals surface area contributed by atoms with Gasteiger partial charge in [-0.05, 0) is 31.4 Å². The Kier molecular flexibility index (Phi) is 5.84. The number of aliphatic carboxylic acids is 1. The number of carboxylic acid groups (broad SMARTS) is 1. The Hall–Kier alpha value is -2.46. The third-order valence-corrected chi connectivity index (χ3v) is 4.97. The summed E-state index contributed by atoms with van der Waals surface area (Å²) >= 11 is 1.29. The number of nitro benzene ring substituents is 1. The van der Waals surface area contributed by atoms with Crippen LogP contribution in [0.1, 0.15) is 19.3 Å². The van der Waals surface area contributed by atoms with E-state index in [1.54, 1.807) is 12.1 Å². The van der Waals surface area contributed by atoms with Gasteiger partial charge in [0.05, 0.1) is 17.6 Å². The molecule has 10 heteroatoms. The molecule has 1 aliphatic heterocycles. The van der Waals surface area contributed by atoms with Gasteiger partial charge in [0.25, 0.3) is 5.69 Å². The first kappa shape index (κ1) is 18.3. The van der Waals surface area contributed by atoms with Crippen LogP contribution in [0.2, 0.25) is 0 Å². The van der Waals surface area contributed by atoms with Crippen LogP contribution in [0, 0.1) is 10.1 Å². The highest BCUT2D eigenvalue weighted by Gasteiger charge is 2.22. The number of nitrogens with zero attached hydrogens (tertiary/aromatic N) is 4. The molecule has 1 aromatic carbocycles. The van der Waals surface area contributed by atoms with Crippen LogP contribution >= 0.6 is 11.8 Å². The van der Waals surface area contributed by atoms with Gasteiger partial charge in [-0.1, -0.05) is 11.8 Å². The van der Waals surface area contributed by atoms with Crippen LogP contribution in [-0.4, -0.2) is 44.1 Å². The summed E-state index contributed by atoms with van der Waals surface area (Å²) in [7, 11) is 0. The lowest BCUT2D eigenvalue weighted by molar-refractivity contribution is -0.384. The van der Waals surface area contributed by atoms with Crippen molar-refractivity contribution in [2.24, 2.45) is 0 Å². The Balaban J connectivity index is 1.86. The zero-order chi connectivity index (χ0) is 18.5. The minimum atomic E-state index is -1.11. The van der Waals surface area contributed by atoms with E-state index < -0.39 is 10.9 Å². The van der Waals surface area contributed by atoms with Crippen LogP contribution in [0.3, 0.4) is 0 Å². The molecule has 138 valence electrons. The first-order chi connectivity index (χ1) is 12.5. The Labute approximate surface area is 153 Å². The van der Waals surface area contributed by atoms with Crippen molar-refractivity contribution in [3.05, 3.63) is 34.4 Å². The van der Waals surface area contributed by atoms with Crippen molar-refractivity contribution in [1.82, 2.24) is 14.8 Å². The van der Waals surface area contributed by atoms with Crippen LogP contribution in [-0.2, 0) is 16.1 Å². The van der Waals surface area contributed by atoms with Crippen LogP contribution in [0.25, 0.3) is 11.4 Å². The molecule has 1 fully saturated rings. The summed E-state index contributed by atoms with van der Waals surface area (Å²) in [6.45, 7) is 1.26. The third-order valence-electron chi connectivity index (χ3n) is 4.00. The number of carbonyl (C=O) groups excluding carboxylic acids is 1. The van der Waals surface area contributed by atoms with E-state index in [0.29, 0.717) is 35.4 Å². The van der Waals surface area contributed by atoms with Gasteiger partial charge >= 0.3 is 0 Å². The SMILES string of the molecule is O=C([O-])CCSc1nnc(-c2ccc([N+](=O)[O-])cc2)n1C[C@H]1CCCO1. The van der Waals surface area contributed by atoms with Gasteiger partial charge in [-0.25, -0.2) is 0 Å². The smallest absolute Gasteiger partial charge is 0.269 e. The maximum absolute atomic E-state index is 10.8. The van der Waals surface area contributed by atoms with Crippen molar-refractivity contribution in [2.75, 3.05) is 12.4 Å². The monoisotopic (exact) mass is 377 g/mol. The molecule has 1 aromatic heterocycles. The van der Waals surface area contributed by atoms with Crippen LogP contribution in [0.4, 0.5) is 5.69 Å². The molecule has 2 heterocycles. The normalized spacial score (nSPS) is 16.7. The summed E-state index contributed by atoms with van der Waals surface area (Å²) in [6.07, 6.45) is 1.89. The molecule has 0 radical (unpaired) electrons. The van der Waals surface area contributed by atoms with E-state index in [9.17, 15) is 20.0 Å². The van der Waals surface area contributed by atoms with Crippen LogP contribution in [0.15, 0.2) is 29.4 Å². The fourth-order valence-corrected chi connectivity index (χ4v) is 3.59. The standard InChI is InChI=1S/C16H18N4O5S/c21-14(22)7-9-26-16-18-17-15(19(16)10-13-2-1-8-25-13)11-3-5-12(6-4-11)20(23)24/h3-6,13H,1-2,7-10H2,(H,21,22)/p-1/t13-/m1/s1. The number of rotatable bonds is 8. The highest BCUT2D eigenvalue weighted by molar-refractivity contribution is 7.99. The van der Waals surface area contributed by atoms with E-state index in [0.717, 1.165) is 12.8 Å². The molecule has 0 aliphatic carbocycles. The highest BCUT2D eigenvalue weighted by Crippen LogP contribution is 2.27. The Morgan fingerprint density at radius 2 is 2.12 bits per heavy atom. The number of non-ortho nitro benzene ring substituents is 1. The molecule has 9 nitrogen and oxygen atoms in total. The lowest BCUT2D eigenvalue weighted by Gasteiger charge is -2.14. The van der Waals surface area contributed by atoms with E-state index in [1.807, 2.05) is 4.57 Å². The van der Waals surface area contributed by atoms with Gasteiger partial charge in [0.2, 0.25) is 0 Å². The van der Waals surface area contributed by atoms with Gasteiger partial charge < -0.3 is 14.6 Å². The van der Waals surface area contributed by atoms with Gasteiger partial charge in [-0.2, -0.15) is 0 Å². The van der Waals surface area contributed by atoms with E-state index in [1.165, 1.54) is 23.9 Å². The molecule has 0 spiro atoms. The van der Waals surface area contributed by atoms with Crippen molar-refractivity contribution in [3.63, 3.8) is 0 Å². The number of carbonyl (C=O) groups is 1. The second-order valence-corrected chi connectivity index (χ2v) is 6.89. The second-order valence-electron chi connectivity index (χ2n) is 5.83. The summed E-state index contributed by atoms with van der Waals surface area (Å²) in [5.74, 6) is -0.212. The molecular formula is C16H17N4O5S-. The van der Waals surface area contributed by atoms with Gasteiger partial charge in [-0.15, -0.1) is 10.2 Å². The fraction of sp³-hybridized carbons (Fsp3) is 0.438. The van der Waals surface area contributed by atoms with Crippen molar-refractivity contribution in [1.29, 1.82) is 0 Å². The Morgan fingerprint density at radius 3 is 2.73 bits per heavy atom. The molecule has 26 heavy (non-hydrogen) atoms. The lowest BCUT2D eigenvalue weighted by Crippen LogP contribution is -2.22. The number of nitro groups is 1. The summed E-state index contributed by atoms with van der Waals surface area (Å²) in [5, 5.41) is 30.4. The van der Waals surface area contributed by atoms with Gasteiger partial charge in [0, 0.05) is 36.0 Å². The maximum atomic E-state index is 10.8. The predicted octanol–water partition coefficient (Wildman–Crippen LogP) is 1.26. The largest absolute Gasteiger partial charge is 0.550 e. The highest BCUT2D eigenvalue weighted by atomic mass is 32.2. The molecule has 0 amide bonds. The van der Waals surface area contributed by atoms with E-state index in [-0.39, 0.29) is 18.2 Å². The lowest BCUT2D eigenvalue weighted by atomic mass is 10.2. The number of hydrogen-bond donors (Lipinski definition) is 0. The summed E-state index contributed by atoms with van der Waals surface area (Å²) in [4.78, 5) is 21.0. The number of benzene rings is 1. The van der Waals surface area contributed by atoms with Gasteiger partial charge in [0.1, 0.15) is 0 Å². The number of aromatic nitrogens is 3. The molecule has 0 saturated carbocycles. The van der Waals surface area contributed by atoms with Crippen LogP contribution in [0.5, 0.6) is 0 Å². The number of hydrogen-bond acceptors (Lipinski definition) is 8. The van der Waals surface area contributed by atoms with Crippen molar-refractivity contribution in [2.45, 2.75) is 37.1 Å². The quantitative estimate of drug-likeness (QED) is 0.383. The van der Waals surface area contributed by atoms with Crippen molar-refractivity contribution < 1.29 is 19.6 Å². The number of ether oxygens (including phenoxy) is 1. The minimum Gasteiger partial charge on any atom is -0.550 e. The molecule has 1 aliphatic rings. The fourth-order valence-electron chi connectivity index (χ4n) is 2.72. The third kappa shape index (κ3) is 4.38. The number of carboxylic acids is 1. The molecule has 2 aromatic rings. The topological polar surface area (TPSA) is 123 Å². The molecule has 0 N–H and O–H groups in total.